The number of rotatable bonds is 7. The normalized spacial score (nSPS) is 15.0. The Bertz CT molecular complexity index is 408. The van der Waals surface area contributed by atoms with Gasteiger partial charge in [0.25, 0.3) is 0 Å². The Labute approximate surface area is 118 Å². The van der Waals surface area contributed by atoms with Gasteiger partial charge in [0, 0.05) is 24.8 Å². The lowest BCUT2D eigenvalue weighted by molar-refractivity contribution is 0.570. The fraction of sp³-hybridized carbons (Fsp3) is 0.647. The SMILES string of the molecule is CNCc1ccc(N(CCC(C)C)C2CC2)c(C)c1. The van der Waals surface area contributed by atoms with Gasteiger partial charge in [0.15, 0.2) is 0 Å². The molecule has 2 heteroatoms. The Hall–Kier alpha value is -1.02. The smallest absolute Gasteiger partial charge is 0.0398 e. The van der Waals surface area contributed by atoms with E-state index in [4.69, 9.17) is 0 Å². The highest BCUT2D eigenvalue weighted by atomic mass is 15.2. The standard InChI is InChI=1S/C17H28N2/c1-13(2)9-10-19(16-6-7-16)17-8-5-15(12-18-4)11-14(17)3/h5,8,11,13,16,18H,6-7,9-10,12H2,1-4H3. The van der Waals surface area contributed by atoms with Crippen LogP contribution in [0.3, 0.4) is 0 Å². The molecule has 0 radical (unpaired) electrons. The molecule has 0 spiro atoms. The molecule has 106 valence electrons. The van der Waals surface area contributed by atoms with Crippen molar-refractivity contribution in [3.63, 3.8) is 0 Å². The summed E-state index contributed by atoms with van der Waals surface area (Å²) in [6, 6.07) is 7.72. The number of nitrogens with zero attached hydrogens (tertiary/aromatic N) is 1. The van der Waals surface area contributed by atoms with E-state index in [1.165, 1.54) is 42.6 Å². The number of nitrogens with one attached hydrogen (secondary N) is 1. The molecule has 2 rings (SSSR count). The van der Waals surface area contributed by atoms with Gasteiger partial charge >= 0.3 is 0 Å². The van der Waals surface area contributed by atoms with Crippen LogP contribution in [0.1, 0.15) is 44.2 Å². The van der Waals surface area contributed by atoms with E-state index in [9.17, 15) is 0 Å². The van der Waals surface area contributed by atoms with Crippen molar-refractivity contribution < 1.29 is 0 Å². The number of hydrogen-bond donors (Lipinski definition) is 1. The molecule has 1 saturated carbocycles. The van der Waals surface area contributed by atoms with Crippen molar-refractivity contribution in [2.24, 2.45) is 5.92 Å². The van der Waals surface area contributed by atoms with E-state index in [1.807, 2.05) is 7.05 Å². The van der Waals surface area contributed by atoms with Crippen LogP contribution in [0.2, 0.25) is 0 Å². The van der Waals surface area contributed by atoms with Crippen LogP contribution in [0.25, 0.3) is 0 Å². The van der Waals surface area contributed by atoms with Crippen LogP contribution in [-0.4, -0.2) is 19.6 Å². The molecule has 1 N–H and O–H groups in total. The summed E-state index contributed by atoms with van der Waals surface area (Å²) < 4.78 is 0. The molecule has 1 aromatic carbocycles. The summed E-state index contributed by atoms with van der Waals surface area (Å²) in [5.41, 5.74) is 4.25. The maximum absolute atomic E-state index is 3.22. The number of hydrogen-bond acceptors (Lipinski definition) is 2. The van der Waals surface area contributed by atoms with Crippen molar-refractivity contribution in [1.82, 2.24) is 5.32 Å². The summed E-state index contributed by atoms with van der Waals surface area (Å²) in [5, 5.41) is 3.22. The molecule has 0 atom stereocenters. The van der Waals surface area contributed by atoms with Crippen molar-refractivity contribution in [1.29, 1.82) is 0 Å². The van der Waals surface area contributed by atoms with Crippen LogP contribution in [0.4, 0.5) is 5.69 Å². The maximum atomic E-state index is 3.22. The molecule has 19 heavy (non-hydrogen) atoms. The van der Waals surface area contributed by atoms with Crippen LogP contribution in [-0.2, 0) is 6.54 Å². The highest BCUT2D eigenvalue weighted by Crippen LogP contribution is 2.34. The van der Waals surface area contributed by atoms with E-state index in [-0.39, 0.29) is 0 Å². The summed E-state index contributed by atoms with van der Waals surface area (Å²) in [5.74, 6) is 0.783. The minimum Gasteiger partial charge on any atom is -0.368 e. The highest BCUT2D eigenvalue weighted by Gasteiger charge is 2.29. The van der Waals surface area contributed by atoms with Gasteiger partial charge in [-0.25, -0.2) is 0 Å². The van der Waals surface area contributed by atoms with E-state index < -0.39 is 0 Å². The van der Waals surface area contributed by atoms with Crippen molar-refractivity contribution in [3.8, 4) is 0 Å². The van der Waals surface area contributed by atoms with E-state index >= 15 is 0 Å². The van der Waals surface area contributed by atoms with Gasteiger partial charge in [0.05, 0.1) is 0 Å². The zero-order valence-corrected chi connectivity index (χ0v) is 12.9. The first kappa shape index (κ1) is 14.4. The second kappa shape index (κ2) is 6.42. The van der Waals surface area contributed by atoms with Gasteiger partial charge in [-0.3, -0.25) is 0 Å². The fourth-order valence-corrected chi connectivity index (χ4v) is 2.64. The van der Waals surface area contributed by atoms with Crippen LogP contribution >= 0.6 is 0 Å². The van der Waals surface area contributed by atoms with Crippen molar-refractivity contribution in [3.05, 3.63) is 29.3 Å². The van der Waals surface area contributed by atoms with Gasteiger partial charge in [-0.2, -0.15) is 0 Å². The number of anilines is 1. The van der Waals surface area contributed by atoms with Crippen molar-refractivity contribution in [2.75, 3.05) is 18.5 Å². The van der Waals surface area contributed by atoms with Gasteiger partial charge in [0.1, 0.15) is 0 Å². The minimum atomic E-state index is 0.783. The summed E-state index contributed by atoms with van der Waals surface area (Å²) in [6.45, 7) is 9.03. The molecule has 0 aliphatic heterocycles. The monoisotopic (exact) mass is 260 g/mol. The Morgan fingerprint density at radius 1 is 1.32 bits per heavy atom. The fourth-order valence-electron chi connectivity index (χ4n) is 2.64. The predicted octanol–water partition coefficient (Wildman–Crippen LogP) is 3.73. The second-order valence-corrected chi connectivity index (χ2v) is 6.26. The first-order chi connectivity index (χ1) is 9.11. The molecule has 0 saturated heterocycles. The molecule has 1 aromatic rings. The first-order valence-corrected chi connectivity index (χ1v) is 7.62. The Morgan fingerprint density at radius 3 is 2.58 bits per heavy atom. The topological polar surface area (TPSA) is 15.3 Å². The van der Waals surface area contributed by atoms with E-state index in [0.717, 1.165) is 18.5 Å². The van der Waals surface area contributed by atoms with Crippen molar-refractivity contribution >= 4 is 5.69 Å². The molecular weight excluding hydrogens is 232 g/mol. The van der Waals surface area contributed by atoms with Crippen LogP contribution in [0, 0.1) is 12.8 Å². The third-order valence-electron chi connectivity index (χ3n) is 3.89. The third kappa shape index (κ3) is 3.97. The summed E-state index contributed by atoms with van der Waals surface area (Å²) in [7, 11) is 2.00. The van der Waals surface area contributed by atoms with E-state index in [2.05, 4.69) is 49.2 Å². The average Bonchev–Trinajstić information content (AvgIpc) is 3.16. The molecule has 2 nitrogen and oxygen atoms in total. The maximum Gasteiger partial charge on any atom is 0.0398 e. The lowest BCUT2D eigenvalue weighted by atomic mass is 10.1. The van der Waals surface area contributed by atoms with Crippen LogP contribution in [0.15, 0.2) is 18.2 Å². The van der Waals surface area contributed by atoms with Gasteiger partial charge in [-0.15, -0.1) is 0 Å². The quantitative estimate of drug-likeness (QED) is 0.803. The highest BCUT2D eigenvalue weighted by molar-refractivity contribution is 5.56. The lowest BCUT2D eigenvalue weighted by Gasteiger charge is -2.27. The van der Waals surface area contributed by atoms with Crippen LogP contribution in [0.5, 0.6) is 0 Å². The molecule has 1 fully saturated rings. The molecular formula is C17H28N2. The zero-order chi connectivity index (χ0) is 13.8. The largest absolute Gasteiger partial charge is 0.368 e. The van der Waals surface area contributed by atoms with Gasteiger partial charge in [-0.05, 0) is 56.3 Å². The molecule has 0 unspecified atom stereocenters. The van der Waals surface area contributed by atoms with Crippen LogP contribution < -0.4 is 10.2 Å². The van der Waals surface area contributed by atoms with Gasteiger partial charge in [-0.1, -0.05) is 26.0 Å². The van der Waals surface area contributed by atoms with E-state index in [1.54, 1.807) is 0 Å². The predicted molar refractivity (Wildman–Crippen MR) is 83.8 cm³/mol. The van der Waals surface area contributed by atoms with E-state index in [0.29, 0.717) is 0 Å². The minimum absolute atomic E-state index is 0.783. The zero-order valence-electron chi connectivity index (χ0n) is 12.9. The Morgan fingerprint density at radius 2 is 2.05 bits per heavy atom. The molecule has 1 aliphatic carbocycles. The van der Waals surface area contributed by atoms with Crippen molar-refractivity contribution in [2.45, 2.75) is 52.6 Å². The Kier molecular flexibility index (Phi) is 4.87. The van der Waals surface area contributed by atoms with Gasteiger partial charge < -0.3 is 10.2 Å². The Balaban J connectivity index is 2.12. The number of aryl methyl sites for hydroxylation is 1. The second-order valence-electron chi connectivity index (χ2n) is 6.26. The number of benzene rings is 1. The molecule has 0 bridgehead atoms. The molecule has 0 aromatic heterocycles. The first-order valence-electron chi connectivity index (χ1n) is 7.62. The molecule has 1 aliphatic rings. The summed E-state index contributed by atoms with van der Waals surface area (Å²) >= 11 is 0. The summed E-state index contributed by atoms with van der Waals surface area (Å²) in [4.78, 5) is 2.64. The summed E-state index contributed by atoms with van der Waals surface area (Å²) in [6.07, 6.45) is 4.03. The van der Waals surface area contributed by atoms with Gasteiger partial charge in [0.2, 0.25) is 0 Å². The third-order valence-corrected chi connectivity index (χ3v) is 3.89. The molecule has 0 amide bonds. The average molecular weight is 260 g/mol. The lowest BCUT2D eigenvalue weighted by Crippen LogP contribution is -2.28. The molecule has 0 heterocycles.